The van der Waals surface area contributed by atoms with E-state index in [2.05, 4.69) is 4.98 Å². The highest BCUT2D eigenvalue weighted by Crippen LogP contribution is 2.27. The topological polar surface area (TPSA) is 15.8 Å². The van der Waals surface area contributed by atoms with Crippen LogP contribution in [0.4, 0.5) is 0 Å². The van der Waals surface area contributed by atoms with E-state index in [0.29, 0.717) is 4.64 Å². The fraction of sp³-hybridized carbons (Fsp3) is 0. The Bertz CT molecular complexity index is 504. The molecule has 0 aliphatic heterocycles. The Morgan fingerprint density at radius 3 is 2.43 bits per heavy atom. The summed E-state index contributed by atoms with van der Waals surface area (Å²) in [6.07, 6.45) is 1.81. The Labute approximate surface area is 92.4 Å². The first-order valence-electron chi connectivity index (χ1n) is 4.21. The van der Waals surface area contributed by atoms with Crippen LogP contribution < -0.4 is 0 Å². The zero-order chi connectivity index (χ0) is 9.97. The molecule has 0 fully saturated rings. The molecular formula is C11H8ClNS. The molecule has 0 saturated carbocycles. The number of aromatic amines is 1. The van der Waals surface area contributed by atoms with E-state index in [1.54, 1.807) is 0 Å². The lowest BCUT2D eigenvalue weighted by Crippen LogP contribution is -1.82. The Morgan fingerprint density at radius 2 is 1.71 bits per heavy atom. The summed E-state index contributed by atoms with van der Waals surface area (Å²) >= 11 is 11.2. The third-order valence-electron chi connectivity index (χ3n) is 1.98. The van der Waals surface area contributed by atoms with Crippen LogP contribution in [0, 0.1) is 4.64 Å². The van der Waals surface area contributed by atoms with E-state index in [0.717, 1.165) is 16.1 Å². The van der Waals surface area contributed by atoms with Gasteiger partial charge in [0, 0.05) is 22.3 Å². The van der Waals surface area contributed by atoms with Gasteiger partial charge in [0.15, 0.2) is 0 Å². The molecule has 1 heterocycles. The second-order valence-electron chi connectivity index (χ2n) is 2.89. The Hall–Kier alpha value is -1.12. The molecule has 0 unspecified atom stereocenters. The number of hydrogen-bond donors (Lipinski definition) is 1. The minimum atomic E-state index is 0.709. The third-order valence-corrected chi connectivity index (χ3v) is 2.65. The maximum Gasteiger partial charge on any atom is 0.111 e. The van der Waals surface area contributed by atoms with Crippen LogP contribution >= 0.6 is 23.8 Å². The highest BCUT2D eigenvalue weighted by Gasteiger charge is 2.02. The van der Waals surface area contributed by atoms with Crippen molar-refractivity contribution in [1.82, 2.24) is 4.98 Å². The highest BCUT2D eigenvalue weighted by molar-refractivity contribution is 7.71. The van der Waals surface area contributed by atoms with E-state index < -0.39 is 0 Å². The van der Waals surface area contributed by atoms with Gasteiger partial charge in [0.1, 0.15) is 4.64 Å². The molecule has 0 amide bonds. The van der Waals surface area contributed by atoms with Crippen LogP contribution in [0.2, 0.25) is 5.02 Å². The van der Waals surface area contributed by atoms with Gasteiger partial charge in [-0.3, -0.25) is 0 Å². The van der Waals surface area contributed by atoms with Crippen molar-refractivity contribution in [2.75, 3.05) is 0 Å². The van der Waals surface area contributed by atoms with E-state index in [-0.39, 0.29) is 0 Å². The molecule has 0 spiro atoms. The lowest BCUT2D eigenvalue weighted by Gasteiger charge is -2.03. The number of aromatic nitrogens is 1. The number of halogens is 1. The van der Waals surface area contributed by atoms with Gasteiger partial charge in [-0.05, 0) is 18.2 Å². The molecule has 0 aliphatic rings. The lowest BCUT2D eigenvalue weighted by molar-refractivity contribution is 1.30. The largest absolute Gasteiger partial charge is 0.352 e. The monoisotopic (exact) mass is 221 g/mol. The zero-order valence-electron chi connectivity index (χ0n) is 7.33. The molecule has 1 aromatic carbocycles. The number of pyridine rings is 1. The molecule has 1 aromatic heterocycles. The van der Waals surface area contributed by atoms with Gasteiger partial charge < -0.3 is 4.98 Å². The molecule has 0 aliphatic carbocycles. The third kappa shape index (κ3) is 1.72. The average molecular weight is 222 g/mol. The summed E-state index contributed by atoms with van der Waals surface area (Å²) in [5.74, 6) is 0. The molecule has 2 rings (SSSR count). The van der Waals surface area contributed by atoms with E-state index >= 15 is 0 Å². The molecule has 2 aromatic rings. The summed E-state index contributed by atoms with van der Waals surface area (Å²) < 4.78 is 0.709. The van der Waals surface area contributed by atoms with Crippen LogP contribution in [0.25, 0.3) is 11.1 Å². The standard InChI is InChI=1S/C11H8ClNS/c12-10-6-2-1-4-8(10)9-5-3-7-13-11(9)14/h1-7H,(H,13,14). The van der Waals surface area contributed by atoms with Crippen LogP contribution in [0.15, 0.2) is 42.6 Å². The molecule has 3 heteroatoms. The van der Waals surface area contributed by atoms with Crippen LogP contribution in [-0.4, -0.2) is 4.98 Å². The van der Waals surface area contributed by atoms with Crippen molar-refractivity contribution in [3.63, 3.8) is 0 Å². The molecule has 0 saturated heterocycles. The summed E-state index contributed by atoms with van der Waals surface area (Å²) in [4.78, 5) is 2.98. The van der Waals surface area contributed by atoms with Crippen LogP contribution in [-0.2, 0) is 0 Å². The minimum absolute atomic E-state index is 0.709. The van der Waals surface area contributed by atoms with Gasteiger partial charge in [0.25, 0.3) is 0 Å². The first kappa shape index (κ1) is 9.44. The van der Waals surface area contributed by atoms with Crippen molar-refractivity contribution >= 4 is 23.8 Å². The number of H-pyrrole nitrogens is 1. The van der Waals surface area contributed by atoms with E-state index in [1.807, 2.05) is 42.6 Å². The predicted octanol–water partition coefficient (Wildman–Crippen LogP) is 4.06. The first-order chi connectivity index (χ1) is 6.79. The van der Waals surface area contributed by atoms with Crippen molar-refractivity contribution in [3.8, 4) is 11.1 Å². The first-order valence-corrected chi connectivity index (χ1v) is 5.00. The number of rotatable bonds is 1. The maximum absolute atomic E-state index is 6.07. The van der Waals surface area contributed by atoms with Crippen molar-refractivity contribution < 1.29 is 0 Å². The molecule has 70 valence electrons. The average Bonchev–Trinajstić information content (AvgIpc) is 2.20. The zero-order valence-corrected chi connectivity index (χ0v) is 8.90. The Morgan fingerprint density at radius 1 is 1.00 bits per heavy atom. The van der Waals surface area contributed by atoms with Gasteiger partial charge in [-0.1, -0.05) is 42.0 Å². The van der Waals surface area contributed by atoms with Crippen LogP contribution in [0.3, 0.4) is 0 Å². The number of hydrogen-bond acceptors (Lipinski definition) is 1. The summed E-state index contributed by atoms with van der Waals surface area (Å²) in [7, 11) is 0. The van der Waals surface area contributed by atoms with E-state index in [4.69, 9.17) is 23.8 Å². The minimum Gasteiger partial charge on any atom is -0.352 e. The lowest BCUT2D eigenvalue weighted by atomic mass is 10.1. The predicted molar refractivity (Wildman–Crippen MR) is 62.1 cm³/mol. The van der Waals surface area contributed by atoms with Gasteiger partial charge in [-0.25, -0.2) is 0 Å². The van der Waals surface area contributed by atoms with Crippen molar-refractivity contribution in [1.29, 1.82) is 0 Å². The second-order valence-corrected chi connectivity index (χ2v) is 3.71. The summed E-state index contributed by atoms with van der Waals surface area (Å²) in [5, 5.41) is 0.721. The van der Waals surface area contributed by atoms with Crippen LogP contribution in [0.5, 0.6) is 0 Å². The van der Waals surface area contributed by atoms with Crippen LogP contribution in [0.1, 0.15) is 0 Å². The molecule has 0 bridgehead atoms. The summed E-state index contributed by atoms with van der Waals surface area (Å²) in [6, 6.07) is 11.5. The van der Waals surface area contributed by atoms with E-state index in [1.165, 1.54) is 0 Å². The van der Waals surface area contributed by atoms with E-state index in [9.17, 15) is 0 Å². The molecular weight excluding hydrogens is 214 g/mol. The Balaban J connectivity index is 2.67. The molecule has 1 N–H and O–H groups in total. The summed E-state index contributed by atoms with van der Waals surface area (Å²) in [6.45, 7) is 0. The maximum atomic E-state index is 6.07. The Kier molecular flexibility index (Phi) is 2.66. The van der Waals surface area contributed by atoms with Gasteiger partial charge in [0.05, 0.1) is 0 Å². The van der Waals surface area contributed by atoms with Gasteiger partial charge in [0.2, 0.25) is 0 Å². The fourth-order valence-electron chi connectivity index (χ4n) is 1.31. The van der Waals surface area contributed by atoms with Gasteiger partial charge in [-0.2, -0.15) is 0 Å². The van der Waals surface area contributed by atoms with Crippen molar-refractivity contribution in [2.24, 2.45) is 0 Å². The smallest absolute Gasteiger partial charge is 0.111 e. The molecule has 1 nitrogen and oxygen atoms in total. The molecule has 0 atom stereocenters. The van der Waals surface area contributed by atoms with Crippen molar-refractivity contribution in [2.45, 2.75) is 0 Å². The van der Waals surface area contributed by atoms with Crippen molar-refractivity contribution in [3.05, 3.63) is 52.3 Å². The fourth-order valence-corrected chi connectivity index (χ4v) is 1.80. The normalized spacial score (nSPS) is 10.1. The quantitative estimate of drug-likeness (QED) is 0.718. The second kappa shape index (κ2) is 3.95. The molecule has 14 heavy (non-hydrogen) atoms. The van der Waals surface area contributed by atoms with Gasteiger partial charge >= 0.3 is 0 Å². The number of benzene rings is 1. The van der Waals surface area contributed by atoms with Gasteiger partial charge in [-0.15, -0.1) is 0 Å². The molecule has 0 radical (unpaired) electrons. The SMILES string of the molecule is S=c1[nH]cccc1-c1ccccc1Cl. The highest BCUT2D eigenvalue weighted by atomic mass is 35.5. The number of nitrogens with one attached hydrogen (secondary N) is 1. The summed E-state index contributed by atoms with van der Waals surface area (Å²) in [5.41, 5.74) is 1.93.